The summed E-state index contributed by atoms with van der Waals surface area (Å²) in [6, 6.07) is 12.7. The third-order valence-electron chi connectivity index (χ3n) is 3.57. The number of amides is 1. The molecule has 0 bridgehead atoms. The number of esters is 1. The summed E-state index contributed by atoms with van der Waals surface area (Å²) in [5.41, 5.74) is 0.615. The minimum absolute atomic E-state index is 0.110. The summed E-state index contributed by atoms with van der Waals surface area (Å²) in [5, 5.41) is 3.14. The van der Waals surface area contributed by atoms with Crippen molar-refractivity contribution in [3.05, 3.63) is 64.7 Å². The van der Waals surface area contributed by atoms with Gasteiger partial charge in [-0.15, -0.1) is 0 Å². The molecule has 2 aromatic rings. The highest BCUT2D eigenvalue weighted by atomic mass is 35.5. The normalized spacial score (nSPS) is 12.3. The Morgan fingerprint density at radius 1 is 1.12 bits per heavy atom. The highest BCUT2D eigenvalue weighted by Gasteiger charge is 2.23. The minimum atomic E-state index is -3.60. The molecule has 1 N–H and O–H groups in total. The first kappa shape index (κ1) is 19.9. The lowest BCUT2D eigenvalue weighted by molar-refractivity contribution is -0.129. The maximum atomic E-state index is 12.3. The number of halogens is 1. The van der Waals surface area contributed by atoms with Crippen LogP contribution in [-0.2, 0) is 25.9 Å². The second-order valence-corrected chi connectivity index (χ2v) is 8.02. The maximum absolute atomic E-state index is 12.3. The molecule has 0 aromatic heterocycles. The molecule has 0 saturated heterocycles. The molecule has 0 aliphatic heterocycles. The van der Waals surface area contributed by atoms with E-state index in [4.69, 9.17) is 16.3 Å². The second-order valence-electron chi connectivity index (χ2n) is 5.63. The molecule has 0 aliphatic carbocycles. The SMILES string of the molecule is C[C@H](OC(=O)c1ccccc1S(C)(=O)=O)C(=O)NCc1ccccc1Cl. The zero-order valence-corrected chi connectivity index (χ0v) is 15.8. The Hall–Kier alpha value is -2.38. The summed E-state index contributed by atoms with van der Waals surface area (Å²) in [4.78, 5) is 24.2. The Labute approximate surface area is 157 Å². The number of ether oxygens (including phenoxy) is 1. The number of carbonyl (C=O) groups excluding carboxylic acids is 2. The largest absolute Gasteiger partial charge is 0.449 e. The van der Waals surface area contributed by atoms with Gasteiger partial charge in [0.15, 0.2) is 15.9 Å². The Balaban J connectivity index is 2.03. The summed E-state index contributed by atoms with van der Waals surface area (Å²) in [5.74, 6) is -1.40. The summed E-state index contributed by atoms with van der Waals surface area (Å²) in [6.45, 7) is 1.59. The molecule has 6 nitrogen and oxygen atoms in total. The summed E-state index contributed by atoms with van der Waals surface area (Å²) < 4.78 is 28.6. The first-order chi connectivity index (χ1) is 12.2. The molecule has 0 saturated carbocycles. The van der Waals surface area contributed by atoms with E-state index < -0.39 is 27.8 Å². The smallest absolute Gasteiger partial charge is 0.340 e. The number of hydrogen-bond donors (Lipinski definition) is 1. The lowest BCUT2D eigenvalue weighted by atomic mass is 10.2. The van der Waals surface area contributed by atoms with Crippen LogP contribution in [0.25, 0.3) is 0 Å². The lowest BCUT2D eigenvalue weighted by Crippen LogP contribution is -2.35. The highest BCUT2D eigenvalue weighted by Crippen LogP contribution is 2.17. The maximum Gasteiger partial charge on any atom is 0.340 e. The van der Waals surface area contributed by atoms with E-state index in [1.165, 1.54) is 31.2 Å². The molecule has 2 aromatic carbocycles. The predicted molar refractivity (Wildman–Crippen MR) is 97.7 cm³/mol. The van der Waals surface area contributed by atoms with Crippen molar-refractivity contribution in [2.24, 2.45) is 0 Å². The fourth-order valence-corrected chi connectivity index (χ4v) is 3.28. The number of rotatable bonds is 6. The summed E-state index contributed by atoms with van der Waals surface area (Å²) in [6.07, 6.45) is -0.101. The molecule has 138 valence electrons. The zero-order valence-electron chi connectivity index (χ0n) is 14.2. The van der Waals surface area contributed by atoms with Gasteiger partial charge in [0.25, 0.3) is 5.91 Å². The first-order valence-electron chi connectivity index (χ1n) is 7.71. The third-order valence-corrected chi connectivity index (χ3v) is 5.09. The minimum Gasteiger partial charge on any atom is -0.449 e. The zero-order chi connectivity index (χ0) is 19.3. The highest BCUT2D eigenvalue weighted by molar-refractivity contribution is 7.90. The van der Waals surface area contributed by atoms with Gasteiger partial charge in [0.05, 0.1) is 10.5 Å². The summed E-state index contributed by atoms with van der Waals surface area (Å²) >= 11 is 6.02. The monoisotopic (exact) mass is 395 g/mol. The van der Waals surface area contributed by atoms with Crippen LogP contribution in [0.5, 0.6) is 0 Å². The van der Waals surface area contributed by atoms with Crippen molar-refractivity contribution in [3.8, 4) is 0 Å². The molecule has 0 spiro atoms. The quantitative estimate of drug-likeness (QED) is 0.759. The van der Waals surface area contributed by atoms with Crippen LogP contribution in [-0.4, -0.2) is 32.7 Å². The van der Waals surface area contributed by atoms with Crippen LogP contribution >= 0.6 is 11.6 Å². The average Bonchev–Trinajstić information content (AvgIpc) is 2.60. The topological polar surface area (TPSA) is 89.5 Å². The van der Waals surface area contributed by atoms with Crippen molar-refractivity contribution in [3.63, 3.8) is 0 Å². The molecule has 0 aliphatic rings. The van der Waals surface area contributed by atoms with E-state index in [0.29, 0.717) is 5.02 Å². The van der Waals surface area contributed by atoms with Crippen LogP contribution in [0.15, 0.2) is 53.4 Å². The Bertz CT molecular complexity index is 927. The molecule has 0 heterocycles. The third kappa shape index (κ3) is 5.06. The van der Waals surface area contributed by atoms with Gasteiger partial charge in [-0.3, -0.25) is 4.79 Å². The van der Waals surface area contributed by atoms with E-state index in [0.717, 1.165) is 11.8 Å². The van der Waals surface area contributed by atoms with Crippen LogP contribution in [0, 0.1) is 0 Å². The second kappa shape index (κ2) is 8.33. The van der Waals surface area contributed by atoms with Gasteiger partial charge in [-0.1, -0.05) is 41.9 Å². The van der Waals surface area contributed by atoms with E-state index in [9.17, 15) is 18.0 Å². The van der Waals surface area contributed by atoms with E-state index >= 15 is 0 Å². The van der Waals surface area contributed by atoms with Crippen LogP contribution in [0.1, 0.15) is 22.8 Å². The Kier molecular flexibility index (Phi) is 6.39. The molecular formula is C18H18ClNO5S. The fraction of sp³-hybridized carbons (Fsp3) is 0.222. The van der Waals surface area contributed by atoms with Crippen molar-refractivity contribution >= 4 is 33.3 Å². The molecule has 8 heteroatoms. The van der Waals surface area contributed by atoms with Crippen molar-refractivity contribution in [2.75, 3.05) is 6.26 Å². The van der Waals surface area contributed by atoms with Crippen molar-refractivity contribution in [1.29, 1.82) is 0 Å². The molecule has 0 radical (unpaired) electrons. The number of nitrogens with one attached hydrogen (secondary N) is 1. The van der Waals surface area contributed by atoms with Gasteiger partial charge < -0.3 is 10.1 Å². The fourth-order valence-electron chi connectivity index (χ4n) is 2.20. The average molecular weight is 396 g/mol. The Morgan fingerprint density at radius 3 is 2.38 bits per heavy atom. The predicted octanol–water partition coefficient (Wildman–Crippen LogP) is 2.61. The molecule has 26 heavy (non-hydrogen) atoms. The van der Waals surface area contributed by atoms with Crippen LogP contribution in [0.2, 0.25) is 5.02 Å². The van der Waals surface area contributed by atoms with Crippen molar-refractivity contribution in [1.82, 2.24) is 5.32 Å². The van der Waals surface area contributed by atoms with E-state index in [1.807, 2.05) is 0 Å². The standard InChI is InChI=1S/C18H18ClNO5S/c1-12(17(21)20-11-13-7-3-5-9-15(13)19)25-18(22)14-8-4-6-10-16(14)26(2,23)24/h3-10,12H,11H2,1-2H3,(H,20,21)/t12-/m0/s1. The van der Waals surface area contributed by atoms with E-state index in [2.05, 4.69) is 5.32 Å². The molecule has 0 unspecified atom stereocenters. The van der Waals surface area contributed by atoms with E-state index in [-0.39, 0.29) is 17.0 Å². The Morgan fingerprint density at radius 2 is 1.73 bits per heavy atom. The molecular weight excluding hydrogens is 378 g/mol. The van der Waals surface area contributed by atoms with Crippen LogP contribution in [0.3, 0.4) is 0 Å². The van der Waals surface area contributed by atoms with Crippen LogP contribution in [0.4, 0.5) is 0 Å². The molecule has 1 amide bonds. The molecule has 1 atom stereocenters. The van der Waals surface area contributed by atoms with Gasteiger partial charge in [-0.05, 0) is 30.7 Å². The van der Waals surface area contributed by atoms with Gasteiger partial charge in [0, 0.05) is 17.8 Å². The number of carbonyl (C=O) groups is 2. The molecule has 0 fully saturated rings. The van der Waals surface area contributed by atoms with Gasteiger partial charge in [0.1, 0.15) is 0 Å². The van der Waals surface area contributed by atoms with Gasteiger partial charge in [0.2, 0.25) is 0 Å². The van der Waals surface area contributed by atoms with Crippen LogP contribution < -0.4 is 5.32 Å². The lowest BCUT2D eigenvalue weighted by Gasteiger charge is -2.15. The number of sulfone groups is 1. The van der Waals surface area contributed by atoms with Gasteiger partial charge in [-0.25, -0.2) is 13.2 Å². The van der Waals surface area contributed by atoms with Crippen molar-refractivity contribution < 1.29 is 22.7 Å². The number of benzene rings is 2. The van der Waals surface area contributed by atoms with Crippen molar-refractivity contribution in [2.45, 2.75) is 24.5 Å². The van der Waals surface area contributed by atoms with E-state index in [1.54, 1.807) is 24.3 Å². The first-order valence-corrected chi connectivity index (χ1v) is 9.98. The van der Waals surface area contributed by atoms with Gasteiger partial charge >= 0.3 is 5.97 Å². The summed E-state index contributed by atoms with van der Waals surface area (Å²) in [7, 11) is -3.60. The molecule has 2 rings (SSSR count). The number of hydrogen-bond acceptors (Lipinski definition) is 5. The van der Waals surface area contributed by atoms with Gasteiger partial charge in [-0.2, -0.15) is 0 Å².